The lowest BCUT2D eigenvalue weighted by molar-refractivity contribution is -0.274. The van der Waals surface area contributed by atoms with Crippen molar-refractivity contribution in [3.05, 3.63) is 29.8 Å². The summed E-state index contributed by atoms with van der Waals surface area (Å²) < 4.78 is 40.0. The molecule has 132 valence electrons. The number of benzene rings is 1. The molecule has 0 spiro atoms. The molecular formula is C18H27F3O2. The molecule has 2 nitrogen and oxygen atoms in total. The third-order valence-electron chi connectivity index (χ3n) is 4.10. The van der Waals surface area contributed by atoms with Crippen LogP contribution < -0.4 is 4.74 Å². The Morgan fingerprint density at radius 1 is 0.957 bits per heavy atom. The van der Waals surface area contributed by atoms with Gasteiger partial charge in [-0.2, -0.15) is 0 Å². The van der Waals surface area contributed by atoms with Crippen molar-refractivity contribution in [2.45, 2.75) is 77.2 Å². The van der Waals surface area contributed by atoms with Crippen molar-refractivity contribution < 1.29 is 23.0 Å². The molecule has 5 heteroatoms. The van der Waals surface area contributed by atoms with Crippen LogP contribution in [0.25, 0.3) is 0 Å². The van der Waals surface area contributed by atoms with Crippen LogP contribution in [-0.2, 0) is 6.42 Å². The summed E-state index contributed by atoms with van der Waals surface area (Å²) in [6, 6.07) is 6.07. The first-order valence-corrected chi connectivity index (χ1v) is 8.29. The zero-order chi connectivity index (χ0) is 17.3. The molecule has 0 aliphatic carbocycles. The van der Waals surface area contributed by atoms with E-state index in [1.54, 1.807) is 12.1 Å². The third kappa shape index (κ3) is 9.49. The molecule has 0 fully saturated rings. The molecule has 0 heterocycles. The van der Waals surface area contributed by atoms with Gasteiger partial charge in [-0.3, -0.25) is 0 Å². The molecule has 0 aromatic heterocycles. The quantitative estimate of drug-likeness (QED) is 0.563. The maximum absolute atomic E-state index is 12.1. The van der Waals surface area contributed by atoms with E-state index in [9.17, 15) is 18.3 Å². The number of alkyl halides is 3. The van der Waals surface area contributed by atoms with Crippen LogP contribution in [0.15, 0.2) is 24.3 Å². The molecule has 1 aromatic carbocycles. The van der Waals surface area contributed by atoms with Crippen LogP contribution >= 0.6 is 0 Å². The molecular weight excluding hydrogens is 305 g/mol. The fourth-order valence-electron chi connectivity index (χ4n) is 2.40. The van der Waals surface area contributed by atoms with E-state index in [0.29, 0.717) is 0 Å². The smallest absolute Gasteiger partial charge is 0.406 e. The number of aryl methyl sites for hydroxylation is 1. The Labute approximate surface area is 136 Å². The van der Waals surface area contributed by atoms with Gasteiger partial charge in [-0.1, -0.05) is 44.7 Å². The number of unbranched alkanes of at least 4 members (excludes halogenated alkanes) is 4. The van der Waals surface area contributed by atoms with E-state index < -0.39 is 12.0 Å². The van der Waals surface area contributed by atoms with Crippen LogP contribution in [0.3, 0.4) is 0 Å². The van der Waals surface area contributed by atoms with Gasteiger partial charge >= 0.3 is 6.36 Å². The van der Waals surface area contributed by atoms with Crippen LogP contribution in [0.1, 0.15) is 64.4 Å². The minimum atomic E-state index is -4.63. The molecule has 0 amide bonds. The molecule has 1 aromatic rings. The summed E-state index contributed by atoms with van der Waals surface area (Å²) in [6.07, 6.45) is 3.21. The van der Waals surface area contributed by atoms with Crippen LogP contribution in [-0.4, -0.2) is 17.1 Å². The molecule has 0 saturated carbocycles. The molecule has 0 aliphatic rings. The molecule has 0 saturated heterocycles. The molecule has 1 N–H and O–H groups in total. The third-order valence-corrected chi connectivity index (χ3v) is 4.10. The highest BCUT2D eigenvalue weighted by Crippen LogP contribution is 2.23. The predicted octanol–water partition coefficient (Wildman–Crippen LogP) is 5.63. The standard InChI is InChI=1S/C18H27F3O2/c1-3-17(2,22)14-8-6-4-5-7-9-15-10-12-16(13-11-15)23-18(19,20)21/h10-13,22H,3-9,14H2,1-2H3. The van der Waals surface area contributed by atoms with E-state index in [4.69, 9.17) is 0 Å². The molecule has 0 aliphatic heterocycles. The van der Waals surface area contributed by atoms with Gasteiger partial charge in [-0.05, 0) is 50.3 Å². The predicted molar refractivity (Wildman–Crippen MR) is 85.4 cm³/mol. The monoisotopic (exact) mass is 332 g/mol. The Morgan fingerprint density at radius 3 is 2.09 bits per heavy atom. The van der Waals surface area contributed by atoms with E-state index in [1.807, 2.05) is 13.8 Å². The highest BCUT2D eigenvalue weighted by Gasteiger charge is 2.30. The highest BCUT2D eigenvalue weighted by molar-refractivity contribution is 5.27. The molecule has 0 bridgehead atoms. The van der Waals surface area contributed by atoms with Crippen molar-refractivity contribution >= 4 is 0 Å². The second-order valence-electron chi connectivity index (χ2n) is 6.31. The lowest BCUT2D eigenvalue weighted by Gasteiger charge is -2.20. The summed E-state index contributed by atoms with van der Waals surface area (Å²) in [4.78, 5) is 0. The van der Waals surface area contributed by atoms with Crippen molar-refractivity contribution in [3.8, 4) is 5.75 Å². The lowest BCUT2D eigenvalue weighted by atomic mass is 9.95. The number of rotatable bonds is 10. The Balaban J connectivity index is 2.14. The van der Waals surface area contributed by atoms with Crippen LogP contribution in [0.2, 0.25) is 0 Å². The van der Waals surface area contributed by atoms with E-state index >= 15 is 0 Å². The Kier molecular flexibility index (Phi) is 7.89. The summed E-state index contributed by atoms with van der Waals surface area (Å²) in [6.45, 7) is 3.87. The van der Waals surface area contributed by atoms with Crippen molar-refractivity contribution in [3.63, 3.8) is 0 Å². The van der Waals surface area contributed by atoms with Gasteiger partial charge in [-0.25, -0.2) is 0 Å². The number of hydrogen-bond donors (Lipinski definition) is 1. The zero-order valence-electron chi connectivity index (χ0n) is 14.0. The van der Waals surface area contributed by atoms with Gasteiger partial charge in [0.2, 0.25) is 0 Å². The van der Waals surface area contributed by atoms with Crippen molar-refractivity contribution in [1.82, 2.24) is 0 Å². The van der Waals surface area contributed by atoms with Gasteiger partial charge in [0.05, 0.1) is 5.60 Å². The SMILES string of the molecule is CCC(C)(O)CCCCCCCc1ccc(OC(F)(F)F)cc1. The largest absolute Gasteiger partial charge is 0.573 e. The van der Waals surface area contributed by atoms with Crippen molar-refractivity contribution in [2.24, 2.45) is 0 Å². The number of aliphatic hydroxyl groups is 1. The minimum Gasteiger partial charge on any atom is -0.406 e. The first-order valence-electron chi connectivity index (χ1n) is 8.29. The van der Waals surface area contributed by atoms with Gasteiger partial charge in [0.25, 0.3) is 0 Å². The molecule has 1 atom stereocenters. The molecule has 0 radical (unpaired) electrons. The summed E-state index contributed by atoms with van der Waals surface area (Å²) in [5.41, 5.74) is 0.480. The molecule has 1 unspecified atom stereocenters. The second kappa shape index (κ2) is 9.16. The lowest BCUT2D eigenvalue weighted by Crippen LogP contribution is -2.22. The van der Waals surface area contributed by atoms with E-state index in [2.05, 4.69) is 4.74 Å². The topological polar surface area (TPSA) is 29.5 Å². The van der Waals surface area contributed by atoms with E-state index in [0.717, 1.165) is 56.9 Å². The van der Waals surface area contributed by atoms with E-state index in [-0.39, 0.29) is 5.75 Å². The van der Waals surface area contributed by atoms with Gasteiger partial charge in [0.1, 0.15) is 5.75 Å². The van der Waals surface area contributed by atoms with Crippen LogP contribution in [0, 0.1) is 0 Å². The van der Waals surface area contributed by atoms with Crippen molar-refractivity contribution in [1.29, 1.82) is 0 Å². The first-order chi connectivity index (χ1) is 10.7. The average molecular weight is 332 g/mol. The Hall–Kier alpha value is -1.23. The van der Waals surface area contributed by atoms with Gasteiger partial charge in [0.15, 0.2) is 0 Å². The first kappa shape index (κ1) is 19.8. The van der Waals surface area contributed by atoms with Crippen LogP contribution in [0.4, 0.5) is 13.2 Å². The molecule has 1 rings (SSSR count). The average Bonchev–Trinajstić information content (AvgIpc) is 2.46. The van der Waals surface area contributed by atoms with E-state index in [1.165, 1.54) is 12.1 Å². The summed E-state index contributed by atoms with van der Waals surface area (Å²) in [5.74, 6) is -0.177. The number of halogens is 3. The maximum atomic E-state index is 12.1. The van der Waals surface area contributed by atoms with Crippen molar-refractivity contribution in [2.75, 3.05) is 0 Å². The summed E-state index contributed by atoms with van der Waals surface area (Å²) >= 11 is 0. The van der Waals surface area contributed by atoms with Crippen LogP contribution in [0.5, 0.6) is 5.75 Å². The number of ether oxygens (including phenoxy) is 1. The Bertz CT molecular complexity index is 439. The molecule has 23 heavy (non-hydrogen) atoms. The van der Waals surface area contributed by atoms with Gasteiger partial charge in [0, 0.05) is 0 Å². The fourth-order valence-corrected chi connectivity index (χ4v) is 2.40. The fraction of sp³-hybridized carbons (Fsp3) is 0.667. The van der Waals surface area contributed by atoms with Gasteiger partial charge < -0.3 is 9.84 Å². The summed E-state index contributed by atoms with van der Waals surface area (Å²) in [5, 5.41) is 9.89. The number of hydrogen-bond acceptors (Lipinski definition) is 2. The normalized spacial score (nSPS) is 14.5. The van der Waals surface area contributed by atoms with Gasteiger partial charge in [-0.15, -0.1) is 13.2 Å². The second-order valence-corrected chi connectivity index (χ2v) is 6.31. The zero-order valence-corrected chi connectivity index (χ0v) is 14.0. The minimum absolute atomic E-state index is 0.177. The highest BCUT2D eigenvalue weighted by atomic mass is 19.4. The maximum Gasteiger partial charge on any atom is 0.573 e. The Morgan fingerprint density at radius 2 is 1.52 bits per heavy atom. The summed E-state index contributed by atoms with van der Waals surface area (Å²) in [7, 11) is 0.